The maximum atomic E-state index is 16.4. The Balaban J connectivity index is 1.06. The molecule has 14 heteroatoms. The molecule has 6 aromatic carbocycles. The molecule has 6 aromatic rings. The zero-order chi connectivity index (χ0) is 52.9. The van der Waals surface area contributed by atoms with Gasteiger partial charge in [0.1, 0.15) is 22.7 Å². The first-order valence-corrected chi connectivity index (χ1v) is 26.0. The molecule has 2 aliphatic carbocycles. The SMILES string of the molecule is CC(C)(C)C12C=C3Cc4cccc5c4OC4(C5)C(=O)C(=CC5(C(C)(C)C)ON(c6ccccc6)C(c6ccc([N+](=O)[O-])cc6)C45)Cc4cccc5c4OC(C5)(C3=O)C1C(c1ccc([N+](=O)[O-])cc1)N(c1ccccc1)O2. The molecule has 0 aromatic heterocycles. The van der Waals surface area contributed by atoms with Crippen molar-refractivity contribution in [1.82, 2.24) is 0 Å². The second-order valence-corrected chi connectivity index (χ2v) is 23.6. The molecule has 14 nitrogen and oxygen atoms in total. The molecule has 7 aliphatic rings. The molecule has 6 bridgehead atoms. The van der Waals surface area contributed by atoms with E-state index in [1.54, 1.807) is 24.3 Å². The maximum Gasteiger partial charge on any atom is 0.269 e. The fourth-order valence-electron chi connectivity index (χ4n) is 14.0. The largest absolute Gasteiger partial charge is 0.478 e. The fraction of sp³-hybridized carbons (Fsp3) is 0.323. The monoisotopic (exact) mass is 1020 g/mol. The Morgan fingerprint density at radius 1 is 0.487 bits per heavy atom. The molecule has 384 valence electrons. The zero-order valence-electron chi connectivity index (χ0n) is 43.0. The van der Waals surface area contributed by atoms with Crippen LogP contribution in [0.1, 0.15) is 87.0 Å². The van der Waals surface area contributed by atoms with Gasteiger partial charge in [-0.1, -0.05) is 139 Å². The highest BCUT2D eigenvalue weighted by molar-refractivity contribution is 6.07. The predicted octanol–water partition coefficient (Wildman–Crippen LogP) is 11.9. The van der Waals surface area contributed by atoms with Gasteiger partial charge in [-0.05, 0) is 80.6 Å². The van der Waals surface area contributed by atoms with Gasteiger partial charge >= 0.3 is 0 Å². The van der Waals surface area contributed by atoms with Crippen molar-refractivity contribution in [3.05, 3.63) is 223 Å². The summed E-state index contributed by atoms with van der Waals surface area (Å²) in [7, 11) is 0. The molecule has 5 aliphatic heterocycles. The van der Waals surface area contributed by atoms with Gasteiger partial charge in [0.25, 0.3) is 11.4 Å². The van der Waals surface area contributed by atoms with Gasteiger partial charge < -0.3 is 9.47 Å². The smallest absolute Gasteiger partial charge is 0.269 e. The van der Waals surface area contributed by atoms with Crippen LogP contribution in [0.15, 0.2) is 169 Å². The lowest BCUT2D eigenvalue weighted by Gasteiger charge is -2.51. The van der Waals surface area contributed by atoms with Crippen LogP contribution in [0, 0.1) is 42.9 Å². The summed E-state index contributed by atoms with van der Waals surface area (Å²) in [6, 6.07) is 42.9. The minimum absolute atomic E-state index is 0.0615. The van der Waals surface area contributed by atoms with E-state index in [9.17, 15) is 20.2 Å². The summed E-state index contributed by atoms with van der Waals surface area (Å²) in [5, 5.41) is 27.9. The highest BCUT2D eigenvalue weighted by Crippen LogP contribution is 2.67. The molecular weight excluding hydrogens is 961 g/mol. The highest BCUT2D eigenvalue weighted by Gasteiger charge is 2.75. The summed E-state index contributed by atoms with van der Waals surface area (Å²) in [5.74, 6) is -0.829. The number of benzene rings is 6. The fourth-order valence-corrected chi connectivity index (χ4v) is 14.0. The lowest BCUT2D eigenvalue weighted by atomic mass is 9.55. The van der Waals surface area contributed by atoms with Crippen LogP contribution in [-0.4, -0.2) is 43.8 Å². The van der Waals surface area contributed by atoms with Crippen molar-refractivity contribution >= 4 is 34.3 Å². The number of para-hydroxylation sites is 4. The van der Waals surface area contributed by atoms with Gasteiger partial charge in [0.2, 0.25) is 11.6 Å². The van der Waals surface area contributed by atoms with Crippen LogP contribution in [0.5, 0.6) is 11.5 Å². The van der Waals surface area contributed by atoms with Crippen LogP contribution < -0.4 is 19.6 Å². The number of carbonyl (C=O) groups excluding carboxylic acids is 2. The standard InChI is InChI=1S/C62H56N4O10/c1-57(2,3)61-35-43-31-39-15-13-18-42-34-60(74-52(39)42)54-50(38-25-29-48(30-26-38)66(71)72)64(46-21-11-8-12-22-46)76-62(54,58(4,5)6)36-44(56(60)68)32-40-16-14-17-41-33-59(55(43)67,73-51(40)41)53(61)49(37-23-27-47(28-24-37)65(69)70)63(75-61)45-19-9-7-10-20-45/h7-30,35-36,49-50,53-54H,31-34H2,1-6H3. The molecule has 0 radical (unpaired) electrons. The number of nitrogens with zero attached hydrogens (tertiary/aromatic N) is 4. The molecular formula is C62H56N4O10. The Morgan fingerprint density at radius 2 is 0.842 bits per heavy atom. The topological polar surface area (TPSA) is 164 Å². The summed E-state index contributed by atoms with van der Waals surface area (Å²) in [6.07, 6.45) is 4.62. The molecule has 8 unspecified atom stereocenters. The molecule has 0 N–H and O–H groups in total. The van der Waals surface area contributed by atoms with Crippen LogP contribution in [0.4, 0.5) is 22.7 Å². The third-order valence-corrected chi connectivity index (χ3v) is 17.5. The van der Waals surface area contributed by atoms with E-state index in [1.807, 2.05) is 119 Å². The molecule has 0 amide bonds. The summed E-state index contributed by atoms with van der Waals surface area (Å²) < 4.78 is 15.3. The van der Waals surface area contributed by atoms with Gasteiger partial charge in [0.05, 0.1) is 45.1 Å². The number of fused-ring (bicyclic) bond motifs is 4. The number of nitro benzene ring substituents is 2. The second-order valence-electron chi connectivity index (χ2n) is 23.6. The average Bonchev–Trinajstić information content (AvgIpc) is 4.19. The predicted molar refractivity (Wildman–Crippen MR) is 284 cm³/mol. The summed E-state index contributed by atoms with van der Waals surface area (Å²) >= 11 is 0. The van der Waals surface area contributed by atoms with Crippen LogP contribution in [-0.2, 0) is 44.9 Å². The third-order valence-electron chi connectivity index (χ3n) is 17.5. The van der Waals surface area contributed by atoms with Crippen LogP contribution in [0.3, 0.4) is 0 Å². The van der Waals surface area contributed by atoms with Gasteiger partial charge in [-0.3, -0.25) is 39.5 Å². The number of hydrogen-bond acceptors (Lipinski definition) is 12. The lowest BCUT2D eigenvalue weighted by molar-refractivity contribution is -0.385. The van der Waals surface area contributed by atoms with E-state index in [4.69, 9.17) is 19.1 Å². The first kappa shape index (κ1) is 47.8. The number of ketones is 2. The summed E-state index contributed by atoms with van der Waals surface area (Å²) in [5.41, 5.74) is -0.267. The van der Waals surface area contributed by atoms with Gasteiger partial charge in [-0.2, -0.15) is 0 Å². The van der Waals surface area contributed by atoms with Crippen LogP contribution in [0.25, 0.3) is 0 Å². The number of ether oxygens (including phenoxy) is 2. The van der Waals surface area contributed by atoms with Crippen molar-refractivity contribution in [3.63, 3.8) is 0 Å². The molecule has 2 fully saturated rings. The molecule has 5 heterocycles. The Kier molecular flexibility index (Phi) is 10.2. The minimum atomic E-state index is -1.58. The van der Waals surface area contributed by atoms with Crippen molar-refractivity contribution < 1.29 is 38.6 Å². The van der Waals surface area contributed by atoms with E-state index in [1.165, 1.54) is 24.3 Å². The minimum Gasteiger partial charge on any atom is -0.478 e. The van der Waals surface area contributed by atoms with E-state index in [-0.39, 0.29) is 48.6 Å². The number of Topliss-reactive ketones (excluding diaryl/α,β-unsaturated/α-hetero) is 2. The van der Waals surface area contributed by atoms with Crippen molar-refractivity contribution in [2.24, 2.45) is 22.7 Å². The summed E-state index contributed by atoms with van der Waals surface area (Å²) in [6.45, 7) is 12.7. The quantitative estimate of drug-likeness (QED) is 0.115. The third kappa shape index (κ3) is 6.59. The first-order chi connectivity index (χ1) is 36.3. The number of rotatable bonds is 6. The zero-order valence-corrected chi connectivity index (χ0v) is 43.0. The van der Waals surface area contributed by atoms with E-state index in [2.05, 4.69) is 41.5 Å². The molecule has 76 heavy (non-hydrogen) atoms. The molecule has 13 rings (SSSR count). The van der Waals surface area contributed by atoms with E-state index < -0.39 is 67.0 Å². The van der Waals surface area contributed by atoms with Crippen LogP contribution in [0.2, 0.25) is 0 Å². The number of hydroxylamine groups is 2. The Bertz CT molecular complexity index is 3280. The van der Waals surface area contributed by atoms with Crippen molar-refractivity contribution in [2.75, 3.05) is 10.1 Å². The first-order valence-electron chi connectivity index (χ1n) is 26.0. The van der Waals surface area contributed by atoms with Crippen LogP contribution >= 0.6 is 0 Å². The normalized spacial score (nSPS) is 28.9. The number of carbonyl (C=O) groups is 2. The highest BCUT2D eigenvalue weighted by atomic mass is 16.7. The van der Waals surface area contributed by atoms with Crippen molar-refractivity contribution in [3.8, 4) is 11.5 Å². The van der Waals surface area contributed by atoms with E-state index in [0.29, 0.717) is 44.9 Å². The van der Waals surface area contributed by atoms with Crippen molar-refractivity contribution in [2.45, 2.75) is 102 Å². The Hall–Kier alpha value is -7.94. The number of nitro groups is 2. The van der Waals surface area contributed by atoms with E-state index >= 15 is 9.59 Å². The summed E-state index contributed by atoms with van der Waals surface area (Å²) in [4.78, 5) is 71.3. The Labute approximate surface area is 439 Å². The average molecular weight is 1020 g/mol. The van der Waals surface area contributed by atoms with Gasteiger partial charge in [-0.25, -0.2) is 10.1 Å². The number of non-ortho nitro benzene ring substituents is 2. The van der Waals surface area contributed by atoms with Gasteiger partial charge in [0, 0.05) is 61.1 Å². The maximum absolute atomic E-state index is 16.4. The van der Waals surface area contributed by atoms with Crippen molar-refractivity contribution in [1.29, 1.82) is 0 Å². The molecule has 2 spiro atoms. The Morgan fingerprint density at radius 3 is 1.18 bits per heavy atom. The van der Waals surface area contributed by atoms with Gasteiger partial charge in [0.15, 0.2) is 11.2 Å². The number of anilines is 2. The van der Waals surface area contributed by atoms with Gasteiger partial charge in [-0.15, -0.1) is 0 Å². The van der Waals surface area contributed by atoms with E-state index in [0.717, 1.165) is 22.5 Å². The number of hydrogen-bond donors (Lipinski definition) is 0. The molecule has 2 saturated heterocycles. The lowest BCUT2D eigenvalue weighted by Crippen LogP contribution is -2.65. The molecule has 0 saturated carbocycles. The second kappa shape index (κ2) is 16.3. The molecule has 8 atom stereocenters.